The van der Waals surface area contributed by atoms with Crippen molar-refractivity contribution >= 4 is 28.2 Å². The molecule has 0 unspecified atom stereocenters. The normalized spacial score (nSPS) is 11.1. The largest absolute Gasteiger partial charge is 0.493 e. The Morgan fingerprint density at radius 2 is 2.00 bits per heavy atom. The number of methoxy groups -OCH3 is 1. The van der Waals surface area contributed by atoms with Crippen molar-refractivity contribution in [2.45, 2.75) is 0 Å². The molecule has 3 heterocycles. The molecule has 1 amide bonds. The number of fused-ring (bicyclic) bond motifs is 2. The molecule has 0 atom stereocenters. The third-order valence-corrected chi connectivity index (χ3v) is 4.53. The number of nitrogens with one attached hydrogen (secondary N) is 1. The summed E-state index contributed by atoms with van der Waals surface area (Å²) in [5, 5.41) is 15.9. The number of carbonyl (C=O) groups excluding carboxylic acids is 1. The molecule has 0 saturated carbocycles. The molecule has 1 N–H and O–H groups in total. The lowest BCUT2D eigenvalue weighted by Gasteiger charge is -2.06. The van der Waals surface area contributed by atoms with Crippen molar-refractivity contribution in [2.24, 2.45) is 0 Å². The number of hydrogen-bond donors (Lipinski definition) is 1. The quantitative estimate of drug-likeness (QED) is 0.506. The number of carbonyl (C=O) groups is 1. The zero-order chi connectivity index (χ0) is 19.8. The van der Waals surface area contributed by atoms with Crippen LogP contribution in [-0.4, -0.2) is 32.8 Å². The molecule has 0 aliphatic heterocycles. The van der Waals surface area contributed by atoms with Crippen LogP contribution in [0.5, 0.6) is 5.75 Å². The van der Waals surface area contributed by atoms with Crippen molar-refractivity contribution in [3.8, 4) is 17.0 Å². The Morgan fingerprint density at radius 3 is 2.90 bits per heavy atom. The number of ether oxygens (including phenoxy) is 1. The van der Waals surface area contributed by atoms with Gasteiger partial charge in [-0.25, -0.2) is 0 Å². The lowest BCUT2D eigenvalue weighted by molar-refractivity contribution is 0.0998. The van der Waals surface area contributed by atoms with E-state index < -0.39 is 0 Å². The Bertz CT molecular complexity index is 1350. The number of benzene rings is 2. The summed E-state index contributed by atoms with van der Waals surface area (Å²) >= 11 is 0. The number of hydrogen-bond acceptors (Lipinski definition) is 6. The molecule has 0 spiro atoms. The van der Waals surface area contributed by atoms with Crippen LogP contribution >= 0.6 is 0 Å². The van der Waals surface area contributed by atoms with Crippen molar-refractivity contribution in [1.29, 1.82) is 0 Å². The Hall–Kier alpha value is -4.20. The van der Waals surface area contributed by atoms with Gasteiger partial charge in [0.1, 0.15) is 6.33 Å². The van der Waals surface area contributed by atoms with Gasteiger partial charge in [0.2, 0.25) is 0 Å². The number of aromatic nitrogens is 4. The molecule has 142 valence electrons. The molecule has 5 aromatic rings. The van der Waals surface area contributed by atoms with Crippen LogP contribution in [0.3, 0.4) is 0 Å². The third kappa shape index (κ3) is 3.06. The van der Waals surface area contributed by atoms with Crippen molar-refractivity contribution in [3.05, 3.63) is 72.8 Å². The molecule has 0 fully saturated rings. The summed E-state index contributed by atoms with van der Waals surface area (Å²) in [6, 6.07) is 18.3. The molecule has 3 aromatic heterocycles. The Morgan fingerprint density at radius 1 is 1.10 bits per heavy atom. The van der Waals surface area contributed by atoms with E-state index in [1.807, 2.05) is 48.5 Å². The van der Waals surface area contributed by atoms with Crippen LogP contribution in [0.25, 0.3) is 27.9 Å². The fraction of sp³-hybridized carbons (Fsp3) is 0.0476. The minimum absolute atomic E-state index is 0.207. The van der Waals surface area contributed by atoms with Crippen LogP contribution in [0.4, 0.5) is 5.69 Å². The maximum Gasteiger partial charge on any atom is 0.291 e. The number of furan rings is 1. The molecule has 8 heteroatoms. The van der Waals surface area contributed by atoms with Gasteiger partial charge >= 0.3 is 0 Å². The lowest BCUT2D eigenvalue weighted by atomic mass is 10.1. The van der Waals surface area contributed by atoms with Gasteiger partial charge in [-0.2, -0.15) is 9.61 Å². The highest BCUT2D eigenvalue weighted by Gasteiger charge is 2.15. The SMILES string of the molecule is COc1cccc2cc(C(=O)Nc3cccc(-c4ccc5nncn5n4)c3)oc12. The first-order chi connectivity index (χ1) is 14.2. The maximum atomic E-state index is 12.7. The fourth-order valence-electron chi connectivity index (χ4n) is 3.14. The fourth-order valence-corrected chi connectivity index (χ4v) is 3.14. The second kappa shape index (κ2) is 6.75. The molecular formula is C21H15N5O3. The van der Waals surface area contributed by atoms with Gasteiger partial charge in [0, 0.05) is 16.6 Å². The first-order valence-corrected chi connectivity index (χ1v) is 8.87. The maximum absolute atomic E-state index is 12.7. The van der Waals surface area contributed by atoms with Crippen molar-refractivity contribution in [1.82, 2.24) is 19.8 Å². The van der Waals surface area contributed by atoms with Gasteiger partial charge in [0.25, 0.3) is 5.91 Å². The van der Waals surface area contributed by atoms with Crippen molar-refractivity contribution in [3.63, 3.8) is 0 Å². The number of nitrogens with zero attached hydrogens (tertiary/aromatic N) is 4. The minimum Gasteiger partial charge on any atom is -0.493 e. The van der Waals surface area contributed by atoms with Crippen molar-refractivity contribution in [2.75, 3.05) is 12.4 Å². The van der Waals surface area contributed by atoms with Crippen LogP contribution in [0.15, 0.2) is 71.4 Å². The van der Waals surface area contributed by atoms with E-state index in [1.54, 1.807) is 30.1 Å². The highest BCUT2D eigenvalue weighted by atomic mass is 16.5. The zero-order valence-electron chi connectivity index (χ0n) is 15.4. The summed E-state index contributed by atoms with van der Waals surface area (Å²) in [7, 11) is 1.56. The topological polar surface area (TPSA) is 94.5 Å². The highest BCUT2D eigenvalue weighted by Crippen LogP contribution is 2.29. The average molecular weight is 385 g/mol. The molecule has 2 aromatic carbocycles. The monoisotopic (exact) mass is 385 g/mol. The standard InChI is InChI=1S/C21H15N5O3/c1-28-17-7-3-5-14-11-18(29-20(14)17)21(27)23-15-6-2-4-13(10-15)16-8-9-19-24-22-12-26(19)25-16/h2-12H,1H3,(H,23,27). The predicted octanol–water partition coefficient (Wildman–Crippen LogP) is 3.80. The van der Waals surface area contributed by atoms with Crippen LogP contribution in [0.2, 0.25) is 0 Å². The predicted molar refractivity (Wildman–Crippen MR) is 107 cm³/mol. The summed E-state index contributed by atoms with van der Waals surface area (Å²) in [6.07, 6.45) is 1.54. The van der Waals surface area contributed by atoms with E-state index in [-0.39, 0.29) is 11.7 Å². The zero-order valence-corrected chi connectivity index (χ0v) is 15.4. The Kier molecular flexibility index (Phi) is 3.94. The van der Waals surface area contributed by atoms with E-state index >= 15 is 0 Å². The lowest BCUT2D eigenvalue weighted by Crippen LogP contribution is -2.10. The number of anilines is 1. The van der Waals surface area contributed by atoms with E-state index in [9.17, 15) is 4.79 Å². The van der Waals surface area contributed by atoms with Crippen LogP contribution in [0.1, 0.15) is 10.6 Å². The van der Waals surface area contributed by atoms with E-state index in [0.29, 0.717) is 22.7 Å². The molecule has 0 radical (unpaired) electrons. The molecule has 8 nitrogen and oxygen atoms in total. The van der Waals surface area contributed by atoms with Gasteiger partial charge in [-0.1, -0.05) is 24.3 Å². The third-order valence-electron chi connectivity index (χ3n) is 4.53. The number of amides is 1. The molecule has 0 saturated heterocycles. The highest BCUT2D eigenvalue weighted by molar-refractivity contribution is 6.05. The van der Waals surface area contributed by atoms with Gasteiger partial charge < -0.3 is 14.5 Å². The van der Waals surface area contributed by atoms with E-state index in [4.69, 9.17) is 9.15 Å². The van der Waals surface area contributed by atoms with E-state index in [0.717, 1.165) is 16.6 Å². The minimum atomic E-state index is -0.345. The molecule has 0 aliphatic rings. The summed E-state index contributed by atoms with van der Waals surface area (Å²) in [5.41, 5.74) is 3.43. The molecule has 0 aliphatic carbocycles. The van der Waals surface area contributed by atoms with E-state index in [2.05, 4.69) is 20.6 Å². The molecule has 5 rings (SSSR count). The number of rotatable bonds is 4. The van der Waals surface area contributed by atoms with Gasteiger partial charge in [0.15, 0.2) is 22.7 Å². The van der Waals surface area contributed by atoms with Crippen LogP contribution in [0, 0.1) is 0 Å². The Balaban J connectivity index is 1.43. The molecular weight excluding hydrogens is 370 g/mol. The second-order valence-electron chi connectivity index (χ2n) is 6.38. The number of para-hydroxylation sites is 1. The average Bonchev–Trinajstić information content (AvgIpc) is 3.40. The van der Waals surface area contributed by atoms with Crippen molar-refractivity contribution < 1.29 is 13.9 Å². The smallest absolute Gasteiger partial charge is 0.291 e. The van der Waals surface area contributed by atoms with Crippen LogP contribution < -0.4 is 10.1 Å². The van der Waals surface area contributed by atoms with Crippen LogP contribution in [-0.2, 0) is 0 Å². The van der Waals surface area contributed by atoms with Gasteiger partial charge in [0.05, 0.1) is 12.8 Å². The van der Waals surface area contributed by atoms with Gasteiger partial charge in [-0.05, 0) is 36.4 Å². The first-order valence-electron chi connectivity index (χ1n) is 8.87. The summed E-state index contributed by atoms with van der Waals surface area (Å²) in [5.74, 6) is 0.445. The molecule has 0 bridgehead atoms. The second-order valence-corrected chi connectivity index (χ2v) is 6.38. The summed E-state index contributed by atoms with van der Waals surface area (Å²) < 4.78 is 12.6. The summed E-state index contributed by atoms with van der Waals surface area (Å²) in [6.45, 7) is 0. The van der Waals surface area contributed by atoms with Gasteiger partial charge in [-0.3, -0.25) is 4.79 Å². The van der Waals surface area contributed by atoms with E-state index in [1.165, 1.54) is 0 Å². The van der Waals surface area contributed by atoms with Gasteiger partial charge in [-0.15, -0.1) is 10.2 Å². The first kappa shape index (κ1) is 16.9. The Labute approximate surface area is 164 Å². The summed E-state index contributed by atoms with van der Waals surface area (Å²) in [4.78, 5) is 12.7. The molecule has 29 heavy (non-hydrogen) atoms.